The van der Waals surface area contributed by atoms with Crippen LogP contribution >= 0.6 is 0 Å². The molecule has 1 aromatic carbocycles. The van der Waals surface area contributed by atoms with Gasteiger partial charge in [0.05, 0.1) is 6.42 Å². The Labute approximate surface area is 101 Å². The maximum atomic E-state index is 12.0. The zero-order chi connectivity index (χ0) is 12.0. The van der Waals surface area contributed by atoms with Crippen molar-refractivity contribution < 1.29 is 4.79 Å². The molecule has 17 heavy (non-hydrogen) atoms. The predicted molar refractivity (Wildman–Crippen MR) is 67.6 cm³/mol. The Kier molecular flexibility index (Phi) is 2.33. The summed E-state index contributed by atoms with van der Waals surface area (Å²) in [4.78, 5) is 13.8. The standard InChI is InChI=1S/C13H17N3O/c14-10-1-2-12-9(5-10)6-13(17)16(12)7-8-3-11(15)4-8/h1-2,5,8,11H,3-4,6-7,14-15H2. The molecule has 1 aromatic rings. The summed E-state index contributed by atoms with van der Waals surface area (Å²) < 4.78 is 0. The lowest BCUT2D eigenvalue weighted by Crippen LogP contribution is -2.43. The Balaban J connectivity index is 1.79. The number of nitrogens with two attached hydrogens (primary N) is 2. The molecule has 90 valence electrons. The van der Waals surface area contributed by atoms with Crippen molar-refractivity contribution >= 4 is 17.3 Å². The molecule has 0 unspecified atom stereocenters. The molecule has 0 saturated heterocycles. The predicted octanol–water partition coefficient (Wildman–Crippen LogP) is 0.895. The molecule has 4 heteroatoms. The number of hydrogen-bond donors (Lipinski definition) is 2. The van der Waals surface area contributed by atoms with Crippen LogP contribution in [0, 0.1) is 5.92 Å². The highest BCUT2D eigenvalue weighted by atomic mass is 16.2. The van der Waals surface area contributed by atoms with Crippen molar-refractivity contribution in [3.8, 4) is 0 Å². The Hall–Kier alpha value is -1.55. The van der Waals surface area contributed by atoms with Gasteiger partial charge in [-0.05, 0) is 42.5 Å². The molecule has 0 radical (unpaired) electrons. The summed E-state index contributed by atoms with van der Waals surface area (Å²) in [5, 5.41) is 0. The monoisotopic (exact) mass is 231 g/mol. The van der Waals surface area contributed by atoms with Gasteiger partial charge in [0, 0.05) is 24.0 Å². The summed E-state index contributed by atoms with van der Waals surface area (Å²) in [6.07, 6.45) is 2.56. The van der Waals surface area contributed by atoms with Gasteiger partial charge in [-0.15, -0.1) is 0 Å². The van der Waals surface area contributed by atoms with Crippen LogP contribution in [0.5, 0.6) is 0 Å². The molecular weight excluding hydrogens is 214 g/mol. The summed E-state index contributed by atoms with van der Waals surface area (Å²) in [5.41, 5.74) is 14.3. The Bertz CT molecular complexity index is 466. The third kappa shape index (κ3) is 1.78. The van der Waals surface area contributed by atoms with E-state index < -0.39 is 0 Å². The number of rotatable bonds is 2. The molecule has 1 amide bonds. The molecule has 1 saturated carbocycles. The van der Waals surface area contributed by atoms with Crippen molar-refractivity contribution in [1.29, 1.82) is 0 Å². The van der Waals surface area contributed by atoms with E-state index in [1.54, 1.807) is 0 Å². The molecule has 1 heterocycles. The van der Waals surface area contributed by atoms with Crippen molar-refractivity contribution in [2.45, 2.75) is 25.3 Å². The number of nitrogen functional groups attached to an aromatic ring is 1. The minimum Gasteiger partial charge on any atom is -0.399 e. The number of benzene rings is 1. The van der Waals surface area contributed by atoms with Crippen LogP contribution in [0.4, 0.5) is 11.4 Å². The van der Waals surface area contributed by atoms with Crippen molar-refractivity contribution in [2.75, 3.05) is 17.2 Å². The number of hydrogen-bond acceptors (Lipinski definition) is 3. The molecule has 0 aromatic heterocycles. The molecule has 1 fully saturated rings. The molecule has 3 rings (SSSR count). The third-order valence-electron chi connectivity index (χ3n) is 3.75. The second kappa shape index (κ2) is 3.74. The molecule has 0 atom stereocenters. The number of nitrogens with zero attached hydrogens (tertiary/aromatic N) is 1. The van der Waals surface area contributed by atoms with Crippen molar-refractivity contribution in [2.24, 2.45) is 11.7 Å². The minimum absolute atomic E-state index is 0.186. The van der Waals surface area contributed by atoms with Gasteiger partial charge < -0.3 is 16.4 Å². The van der Waals surface area contributed by atoms with Crippen LogP contribution in [0.1, 0.15) is 18.4 Å². The molecular formula is C13H17N3O. The lowest BCUT2D eigenvalue weighted by Gasteiger charge is -2.35. The van der Waals surface area contributed by atoms with Crippen LogP contribution in [0.15, 0.2) is 18.2 Å². The summed E-state index contributed by atoms with van der Waals surface area (Å²) >= 11 is 0. The van der Waals surface area contributed by atoms with Gasteiger partial charge >= 0.3 is 0 Å². The van der Waals surface area contributed by atoms with Crippen LogP contribution in [-0.2, 0) is 11.2 Å². The largest absolute Gasteiger partial charge is 0.399 e. The van der Waals surface area contributed by atoms with E-state index in [1.165, 1.54) is 0 Å². The first-order valence-corrected chi connectivity index (χ1v) is 6.08. The summed E-state index contributed by atoms with van der Waals surface area (Å²) in [7, 11) is 0. The highest BCUT2D eigenvalue weighted by Crippen LogP contribution is 2.34. The van der Waals surface area contributed by atoms with Crippen LogP contribution < -0.4 is 16.4 Å². The minimum atomic E-state index is 0.186. The van der Waals surface area contributed by atoms with E-state index in [1.807, 2.05) is 23.1 Å². The van der Waals surface area contributed by atoms with Crippen LogP contribution in [-0.4, -0.2) is 18.5 Å². The zero-order valence-electron chi connectivity index (χ0n) is 9.73. The molecule has 1 aliphatic heterocycles. The maximum absolute atomic E-state index is 12.0. The summed E-state index contributed by atoms with van der Waals surface area (Å²) in [6, 6.07) is 6.05. The first kappa shape index (κ1) is 10.6. The Morgan fingerprint density at radius 3 is 2.82 bits per heavy atom. The lowest BCUT2D eigenvalue weighted by molar-refractivity contribution is -0.117. The van der Waals surface area contributed by atoms with Gasteiger partial charge in [0.1, 0.15) is 0 Å². The highest BCUT2D eigenvalue weighted by Gasteiger charge is 2.33. The fourth-order valence-corrected chi connectivity index (χ4v) is 2.80. The first-order valence-electron chi connectivity index (χ1n) is 6.08. The average molecular weight is 231 g/mol. The first-order chi connectivity index (χ1) is 8.13. The van der Waals surface area contributed by atoms with E-state index >= 15 is 0 Å². The molecule has 0 bridgehead atoms. The van der Waals surface area contributed by atoms with Crippen molar-refractivity contribution in [3.63, 3.8) is 0 Å². The zero-order valence-corrected chi connectivity index (χ0v) is 9.73. The number of fused-ring (bicyclic) bond motifs is 1. The van der Waals surface area contributed by atoms with E-state index in [0.717, 1.165) is 36.3 Å². The molecule has 4 nitrogen and oxygen atoms in total. The highest BCUT2D eigenvalue weighted by molar-refractivity contribution is 6.01. The average Bonchev–Trinajstić information content (AvgIpc) is 2.52. The third-order valence-corrected chi connectivity index (χ3v) is 3.75. The quantitative estimate of drug-likeness (QED) is 0.743. The van der Waals surface area contributed by atoms with E-state index in [2.05, 4.69) is 0 Å². The van der Waals surface area contributed by atoms with E-state index in [-0.39, 0.29) is 5.91 Å². The normalized spacial score (nSPS) is 26.9. The molecule has 1 aliphatic carbocycles. The van der Waals surface area contributed by atoms with Gasteiger partial charge in [-0.3, -0.25) is 4.79 Å². The van der Waals surface area contributed by atoms with Gasteiger partial charge in [0.15, 0.2) is 0 Å². The maximum Gasteiger partial charge on any atom is 0.231 e. The van der Waals surface area contributed by atoms with Gasteiger partial charge in [0.2, 0.25) is 5.91 Å². The van der Waals surface area contributed by atoms with Crippen molar-refractivity contribution in [1.82, 2.24) is 0 Å². The fraction of sp³-hybridized carbons (Fsp3) is 0.462. The Morgan fingerprint density at radius 1 is 1.35 bits per heavy atom. The number of carbonyl (C=O) groups is 1. The van der Waals surface area contributed by atoms with E-state index in [9.17, 15) is 4.79 Å². The van der Waals surface area contributed by atoms with Gasteiger partial charge in [-0.2, -0.15) is 0 Å². The van der Waals surface area contributed by atoms with Gasteiger partial charge in [-0.1, -0.05) is 0 Å². The van der Waals surface area contributed by atoms with E-state index in [4.69, 9.17) is 11.5 Å². The van der Waals surface area contributed by atoms with Crippen LogP contribution in [0.25, 0.3) is 0 Å². The summed E-state index contributed by atoms with van der Waals surface area (Å²) in [5.74, 6) is 0.753. The smallest absolute Gasteiger partial charge is 0.231 e. The molecule has 2 aliphatic rings. The van der Waals surface area contributed by atoms with Crippen molar-refractivity contribution in [3.05, 3.63) is 23.8 Å². The topological polar surface area (TPSA) is 72.4 Å². The number of anilines is 2. The summed E-state index contributed by atoms with van der Waals surface area (Å²) in [6.45, 7) is 0.809. The second-order valence-corrected chi connectivity index (χ2v) is 5.17. The fourth-order valence-electron chi connectivity index (χ4n) is 2.80. The number of amides is 1. The van der Waals surface area contributed by atoms with Gasteiger partial charge in [0.25, 0.3) is 0 Å². The second-order valence-electron chi connectivity index (χ2n) is 5.17. The van der Waals surface area contributed by atoms with E-state index in [0.29, 0.717) is 18.4 Å². The van der Waals surface area contributed by atoms with Crippen LogP contribution in [0.3, 0.4) is 0 Å². The van der Waals surface area contributed by atoms with Gasteiger partial charge in [-0.25, -0.2) is 0 Å². The number of carbonyl (C=O) groups excluding carboxylic acids is 1. The van der Waals surface area contributed by atoms with Crippen LogP contribution in [0.2, 0.25) is 0 Å². The molecule has 0 spiro atoms. The SMILES string of the molecule is Nc1ccc2c(c1)CC(=O)N2CC1CC(N)C1. The molecule has 4 N–H and O–H groups in total. The Morgan fingerprint density at radius 2 is 2.12 bits per heavy atom. The lowest BCUT2D eigenvalue weighted by atomic mass is 9.80.